The molecule has 0 unspecified atom stereocenters. The summed E-state index contributed by atoms with van der Waals surface area (Å²) >= 11 is 6.00. The second kappa shape index (κ2) is 7.79. The molecule has 1 aliphatic rings. The van der Waals surface area contributed by atoms with Gasteiger partial charge in [0.1, 0.15) is 11.5 Å². The van der Waals surface area contributed by atoms with Crippen LogP contribution in [0.5, 0.6) is 11.5 Å². The summed E-state index contributed by atoms with van der Waals surface area (Å²) in [4.78, 5) is 12.5. The Kier molecular flexibility index (Phi) is 5.49. The number of hydrogen-bond acceptors (Lipinski definition) is 3. The molecule has 0 aromatic heterocycles. The maximum Gasteiger partial charge on any atom is 0.265 e. The summed E-state index contributed by atoms with van der Waals surface area (Å²) in [5, 5.41) is 3.34. The molecule has 0 bridgehead atoms. The van der Waals surface area contributed by atoms with E-state index in [4.69, 9.17) is 21.1 Å². The van der Waals surface area contributed by atoms with Gasteiger partial charge in [-0.1, -0.05) is 17.7 Å². The highest BCUT2D eigenvalue weighted by atomic mass is 35.5. The van der Waals surface area contributed by atoms with Crippen LogP contribution in [0.4, 0.5) is 5.69 Å². The second-order valence-electron chi connectivity index (χ2n) is 6.23. The summed E-state index contributed by atoms with van der Waals surface area (Å²) in [7, 11) is 1.55. The highest BCUT2D eigenvalue weighted by Gasteiger charge is 2.18. The molecule has 3 rings (SSSR count). The Morgan fingerprint density at radius 3 is 2.64 bits per heavy atom. The number of rotatable bonds is 5. The number of methoxy groups -OCH3 is 1. The predicted molar refractivity (Wildman–Crippen MR) is 99.8 cm³/mol. The van der Waals surface area contributed by atoms with Crippen molar-refractivity contribution < 1.29 is 14.3 Å². The zero-order valence-electron chi connectivity index (χ0n) is 14.5. The molecule has 0 heterocycles. The van der Waals surface area contributed by atoms with Crippen LogP contribution < -0.4 is 14.8 Å². The van der Waals surface area contributed by atoms with Gasteiger partial charge in [-0.25, -0.2) is 0 Å². The van der Waals surface area contributed by atoms with Gasteiger partial charge in [0, 0.05) is 5.02 Å². The van der Waals surface area contributed by atoms with Gasteiger partial charge in [-0.3, -0.25) is 4.79 Å². The summed E-state index contributed by atoms with van der Waals surface area (Å²) < 4.78 is 11.1. The number of fused-ring (bicyclic) bond motifs is 1. The number of carbonyl (C=O) groups excluding carboxylic acids is 1. The van der Waals surface area contributed by atoms with Crippen LogP contribution in [0.25, 0.3) is 0 Å². The number of anilines is 1. The van der Waals surface area contributed by atoms with E-state index in [-0.39, 0.29) is 5.91 Å². The first-order chi connectivity index (χ1) is 12.1. The average Bonchev–Trinajstić information content (AvgIpc) is 2.61. The fourth-order valence-electron chi connectivity index (χ4n) is 3.05. The molecule has 1 atom stereocenters. The fraction of sp³-hybridized carbons (Fsp3) is 0.350. The third-order valence-corrected chi connectivity index (χ3v) is 4.66. The molecule has 0 radical (unpaired) electrons. The van der Waals surface area contributed by atoms with E-state index in [1.807, 2.05) is 6.07 Å². The van der Waals surface area contributed by atoms with Gasteiger partial charge in [0.05, 0.1) is 12.8 Å². The molecule has 0 aliphatic heterocycles. The van der Waals surface area contributed by atoms with Crippen molar-refractivity contribution in [2.24, 2.45) is 0 Å². The number of carbonyl (C=O) groups is 1. The van der Waals surface area contributed by atoms with Crippen molar-refractivity contribution >= 4 is 23.2 Å². The van der Waals surface area contributed by atoms with E-state index < -0.39 is 6.10 Å². The Morgan fingerprint density at radius 2 is 1.88 bits per heavy atom. The number of ether oxygens (including phenoxy) is 2. The van der Waals surface area contributed by atoms with E-state index >= 15 is 0 Å². The average molecular weight is 360 g/mol. The molecule has 0 fully saturated rings. The van der Waals surface area contributed by atoms with Crippen molar-refractivity contribution in [3.05, 3.63) is 52.5 Å². The first kappa shape index (κ1) is 17.6. The Bertz CT molecular complexity index is 776. The lowest BCUT2D eigenvalue weighted by Gasteiger charge is -2.19. The van der Waals surface area contributed by atoms with Crippen LogP contribution in [-0.4, -0.2) is 19.1 Å². The molecule has 1 N–H and O–H groups in total. The smallest absolute Gasteiger partial charge is 0.265 e. The summed E-state index contributed by atoms with van der Waals surface area (Å²) in [6, 6.07) is 11.2. The van der Waals surface area contributed by atoms with E-state index in [1.165, 1.54) is 24.0 Å². The molecule has 132 valence electrons. The third-order valence-electron chi connectivity index (χ3n) is 4.42. The van der Waals surface area contributed by atoms with Gasteiger partial charge in [-0.2, -0.15) is 0 Å². The van der Waals surface area contributed by atoms with E-state index in [9.17, 15) is 4.79 Å². The minimum absolute atomic E-state index is 0.252. The van der Waals surface area contributed by atoms with Gasteiger partial charge in [0.15, 0.2) is 6.10 Å². The highest BCUT2D eigenvalue weighted by molar-refractivity contribution is 6.31. The van der Waals surface area contributed by atoms with Crippen LogP contribution >= 0.6 is 11.6 Å². The Hall–Kier alpha value is -2.20. The Balaban J connectivity index is 1.68. The van der Waals surface area contributed by atoms with E-state index in [1.54, 1.807) is 32.2 Å². The number of amides is 1. The zero-order chi connectivity index (χ0) is 17.8. The summed E-state index contributed by atoms with van der Waals surface area (Å²) in [5.74, 6) is 1.03. The first-order valence-corrected chi connectivity index (χ1v) is 8.87. The number of aryl methyl sites for hydroxylation is 2. The Morgan fingerprint density at radius 1 is 1.12 bits per heavy atom. The molecule has 1 aliphatic carbocycles. The van der Waals surface area contributed by atoms with Crippen LogP contribution in [0, 0.1) is 0 Å². The van der Waals surface area contributed by atoms with Gasteiger partial charge < -0.3 is 14.8 Å². The van der Waals surface area contributed by atoms with Crippen LogP contribution in [0.2, 0.25) is 5.02 Å². The largest absolute Gasteiger partial charge is 0.495 e. The minimum atomic E-state index is -0.634. The maximum absolute atomic E-state index is 12.5. The molecule has 1 amide bonds. The molecule has 4 nitrogen and oxygen atoms in total. The highest BCUT2D eigenvalue weighted by Crippen LogP contribution is 2.29. The number of benzene rings is 2. The van der Waals surface area contributed by atoms with Gasteiger partial charge >= 0.3 is 0 Å². The molecule has 0 spiro atoms. The number of nitrogens with one attached hydrogen (secondary N) is 1. The number of hydrogen-bond donors (Lipinski definition) is 1. The second-order valence-corrected chi connectivity index (χ2v) is 6.67. The van der Waals surface area contributed by atoms with Crippen molar-refractivity contribution in [3.8, 4) is 11.5 Å². The maximum atomic E-state index is 12.5. The molecular formula is C20H22ClNO3. The third kappa shape index (κ3) is 4.26. The van der Waals surface area contributed by atoms with Crippen molar-refractivity contribution in [1.29, 1.82) is 0 Å². The summed E-state index contributed by atoms with van der Waals surface area (Å²) in [6.45, 7) is 1.73. The molecule has 25 heavy (non-hydrogen) atoms. The lowest BCUT2D eigenvalue weighted by molar-refractivity contribution is -0.122. The lowest BCUT2D eigenvalue weighted by Crippen LogP contribution is -2.30. The van der Waals surface area contributed by atoms with Crippen molar-refractivity contribution in [2.45, 2.75) is 38.7 Å². The van der Waals surface area contributed by atoms with Gasteiger partial charge in [0.25, 0.3) is 5.91 Å². The predicted octanol–water partition coefficient (Wildman–Crippen LogP) is 4.63. The van der Waals surface area contributed by atoms with Crippen molar-refractivity contribution in [3.63, 3.8) is 0 Å². The SMILES string of the molecule is COc1ccc(Cl)cc1NC(=O)[C@H](C)Oc1ccc2c(c1)CCCC2. The van der Waals surface area contributed by atoms with Crippen molar-refractivity contribution in [2.75, 3.05) is 12.4 Å². The van der Waals surface area contributed by atoms with Gasteiger partial charge in [-0.15, -0.1) is 0 Å². The number of halogens is 1. The molecule has 2 aromatic carbocycles. The quantitative estimate of drug-likeness (QED) is 0.846. The molecule has 5 heteroatoms. The van der Waals surface area contributed by atoms with Crippen LogP contribution in [0.3, 0.4) is 0 Å². The van der Waals surface area contributed by atoms with E-state index in [0.717, 1.165) is 18.6 Å². The van der Waals surface area contributed by atoms with E-state index in [0.29, 0.717) is 16.5 Å². The molecule has 0 saturated carbocycles. The van der Waals surface area contributed by atoms with Gasteiger partial charge in [0.2, 0.25) is 0 Å². The van der Waals surface area contributed by atoms with Gasteiger partial charge in [-0.05, 0) is 74.1 Å². The normalized spacial score (nSPS) is 14.4. The monoisotopic (exact) mass is 359 g/mol. The molecular weight excluding hydrogens is 338 g/mol. The minimum Gasteiger partial charge on any atom is -0.495 e. The van der Waals surface area contributed by atoms with Crippen LogP contribution in [0.15, 0.2) is 36.4 Å². The lowest BCUT2D eigenvalue weighted by atomic mass is 9.92. The van der Waals surface area contributed by atoms with Crippen LogP contribution in [-0.2, 0) is 17.6 Å². The summed E-state index contributed by atoms with van der Waals surface area (Å²) in [5.41, 5.74) is 3.24. The molecule has 0 saturated heterocycles. The summed E-state index contributed by atoms with van der Waals surface area (Å²) in [6.07, 6.45) is 4.02. The van der Waals surface area contributed by atoms with Crippen LogP contribution in [0.1, 0.15) is 30.9 Å². The standard InChI is InChI=1S/C20H22ClNO3/c1-13(20(23)22-18-12-16(21)8-10-19(18)24-2)25-17-9-7-14-5-3-4-6-15(14)11-17/h7-13H,3-6H2,1-2H3,(H,22,23)/t13-/m0/s1. The fourth-order valence-corrected chi connectivity index (χ4v) is 3.23. The topological polar surface area (TPSA) is 47.6 Å². The molecule has 2 aromatic rings. The zero-order valence-corrected chi connectivity index (χ0v) is 15.2. The Labute approximate surface area is 153 Å². The van der Waals surface area contributed by atoms with Crippen molar-refractivity contribution in [1.82, 2.24) is 0 Å². The van der Waals surface area contributed by atoms with E-state index in [2.05, 4.69) is 17.4 Å². The first-order valence-electron chi connectivity index (χ1n) is 8.49.